The van der Waals surface area contributed by atoms with Crippen molar-refractivity contribution in [1.82, 2.24) is 5.32 Å². The molecule has 0 saturated carbocycles. The quantitative estimate of drug-likeness (QED) is 0.798. The minimum absolute atomic E-state index is 0.113. The molecule has 0 fully saturated rings. The number of rotatable bonds is 4. The summed E-state index contributed by atoms with van der Waals surface area (Å²) in [5, 5.41) is 20.8. The van der Waals surface area contributed by atoms with Gasteiger partial charge in [0.15, 0.2) is 5.54 Å². The Kier molecular flexibility index (Phi) is 4.97. The van der Waals surface area contributed by atoms with E-state index in [1.165, 1.54) is 0 Å². The number of amides is 1. The molecule has 26 heavy (non-hydrogen) atoms. The van der Waals surface area contributed by atoms with Crippen LogP contribution in [0.4, 0.5) is 0 Å². The number of hydrogen-bond donors (Lipinski definition) is 2. The normalized spacial score (nSPS) is 24.8. The number of nitriles is 1. The summed E-state index contributed by atoms with van der Waals surface area (Å²) in [5.74, 6) is -1.64. The number of carbonyl (C=O) groups is 2. The highest BCUT2D eigenvalue weighted by Crippen LogP contribution is 2.32. The van der Waals surface area contributed by atoms with Crippen molar-refractivity contribution in [2.75, 3.05) is 0 Å². The van der Waals surface area contributed by atoms with Crippen molar-refractivity contribution < 1.29 is 14.7 Å². The van der Waals surface area contributed by atoms with E-state index in [0.717, 1.165) is 11.1 Å². The van der Waals surface area contributed by atoms with E-state index in [1.54, 1.807) is 18.2 Å². The van der Waals surface area contributed by atoms with Crippen LogP contribution in [-0.2, 0) is 9.59 Å². The van der Waals surface area contributed by atoms with Gasteiger partial charge < -0.3 is 10.4 Å². The van der Waals surface area contributed by atoms with Gasteiger partial charge in [-0.05, 0) is 36.5 Å². The third-order valence-electron chi connectivity index (χ3n) is 4.65. The Morgan fingerprint density at radius 1 is 1.23 bits per heavy atom. The van der Waals surface area contributed by atoms with Crippen molar-refractivity contribution >= 4 is 29.1 Å². The topological polar surface area (TPSA) is 90.2 Å². The molecular weight excluding hydrogens is 352 g/mol. The Balaban J connectivity index is 1.85. The van der Waals surface area contributed by atoms with Crippen molar-refractivity contribution in [1.29, 1.82) is 5.26 Å². The number of hydrogen-bond acceptors (Lipinski definition) is 3. The molecule has 0 radical (unpaired) electrons. The average Bonchev–Trinajstić information content (AvgIpc) is 3.14. The number of allylic oxidation sites excluding steroid dienone is 2. The molecule has 0 saturated heterocycles. The molecule has 0 spiro atoms. The molecule has 3 rings (SSSR count). The number of alkyl halides is 1. The minimum Gasteiger partial charge on any atom is -0.478 e. The maximum Gasteiger partial charge on any atom is 0.332 e. The zero-order valence-electron chi connectivity index (χ0n) is 13.9. The molecule has 0 bridgehead atoms. The van der Waals surface area contributed by atoms with Gasteiger partial charge in [-0.3, -0.25) is 4.79 Å². The number of benzene rings is 1. The highest BCUT2D eigenvalue weighted by molar-refractivity contribution is 6.24. The largest absolute Gasteiger partial charge is 0.478 e. The molecule has 0 aromatic heterocycles. The second-order valence-corrected chi connectivity index (χ2v) is 6.74. The van der Waals surface area contributed by atoms with Gasteiger partial charge >= 0.3 is 5.97 Å². The van der Waals surface area contributed by atoms with Crippen LogP contribution in [0.3, 0.4) is 0 Å². The van der Waals surface area contributed by atoms with Gasteiger partial charge in [0.25, 0.3) is 0 Å². The second kappa shape index (κ2) is 7.19. The van der Waals surface area contributed by atoms with E-state index >= 15 is 0 Å². The Hall–Kier alpha value is -2.84. The maximum absolute atomic E-state index is 12.6. The highest BCUT2D eigenvalue weighted by Gasteiger charge is 2.40. The van der Waals surface area contributed by atoms with Crippen LogP contribution in [0.2, 0.25) is 0 Å². The molecule has 2 N–H and O–H groups in total. The average molecular weight is 369 g/mol. The van der Waals surface area contributed by atoms with E-state index < -0.39 is 22.8 Å². The number of carbonyl (C=O) groups excluding carboxylic acids is 1. The summed E-state index contributed by atoms with van der Waals surface area (Å²) in [6.45, 7) is 0. The number of aliphatic carboxylic acids is 1. The molecule has 1 aromatic carbocycles. The Morgan fingerprint density at radius 3 is 2.54 bits per heavy atom. The van der Waals surface area contributed by atoms with Gasteiger partial charge in [-0.1, -0.05) is 42.5 Å². The summed E-state index contributed by atoms with van der Waals surface area (Å²) in [6, 6.07) is 11.6. The summed E-state index contributed by atoms with van der Waals surface area (Å²) in [6.07, 6.45) is 6.40. The van der Waals surface area contributed by atoms with Crippen LogP contribution in [-0.4, -0.2) is 27.9 Å². The van der Waals surface area contributed by atoms with E-state index in [4.69, 9.17) is 11.6 Å². The van der Waals surface area contributed by atoms with Crippen LogP contribution in [0.1, 0.15) is 24.8 Å². The second-order valence-electron chi connectivity index (χ2n) is 6.27. The molecule has 0 aliphatic heterocycles. The van der Waals surface area contributed by atoms with Gasteiger partial charge in [-0.25, -0.2) is 4.79 Å². The third kappa shape index (κ3) is 3.29. The molecule has 6 heteroatoms. The van der Waals surface area contributed by atoms with Gasteiger partial charge in [-0.15, -0.1) is 11.6 Å². The fourth-order valence-corrected chi connectivity index (χ4v) is 3.52. The molecule has 1 amide bonds. The van der Waals surface area contributed by atoms with Gasteiger partial charge in [0.2, 0.25) is 5.91 Å². The first-order chi connectivity index (χ1) is 12.5. The third-order valence-corrected chi connectivity index (χ3v) is 5.12. The summed E-state index contributed by atoms with van der Waals surface area (Å²) < 4.78 is 0. The van der Waals surface area contributed by atoms with E-state index in [-0.39, 0.29) is 11.1 Å². The first kappa shape index (κ1) is 18.0. The summed E-state index contributed by atoms with van der Waals surface area (Å²) in [4.78, 5) is 23.9. The molecule has 2 unspecified atom stereocenters. The van der Waals surface area contributed by atoms with E-state index in [0.29, 0.717) is 19.3 Å². The molecule has 2 aliphatic carbocycles. The summed E-state index contributed by atoms with van der Waals surface area (Å²) >= 11 is 6.44. The smallest absolute Gasteiger partial charge is 0.332 e. The molecule has 1 aromatic rings. The number of nitrogens with one attached hydrogen (secondary N) is 1. The Bertz CT molecular complexity index is 880. The predicted molar refractivity (Wildman–Crippen MR) is 98.2 cm³/mol. The number of halogens is 1. The SMILES string of the molecule is N#CC1(NC(=O)C2=C(C(=O)O)CCC2)C=CC(c2ccccc2)=CC1Cl. The predicted octanol–water partition coefficient (Wildman–Crippen LogP) is 3.19. The van der Waals surface area contributed by atoms with Crippen molar-refractivity contribution in [2.45, 2.75) is 30.2 Å². The van der Waals surface area contributed by atoms with Crippen LogP contribution in [0.15, 0.2) is 59.7 Å². The summed E-state index contributed by atoms with van der Waals surface area (Å²) in [5.41, 5.74) is 0.732. The Labute approximate surface area is 156 Å². The minimum atomic E-state index is -1.42. The fourth-order valence-electron chi connectivity index (χ4n) is 3.21. The number of nitrogens with zero attached hydrogens (tertiary/aromatic N) is 1. The zero-order chi connectivity index (χ0) is 18.7. The Morgan fingerprint density at radius 2 is 1.92 bits per heavy atom. The van der Waals surface area contributed by atoms with Crippen molar-refractivity contribution in [2.24, 2.45) is 0 Å². The molecule has 2 atom stereocenters. The lowest BCUT2D eigenvalue weighted by molar-refractivity contribution is -0.133. The highest BCUT2D eigenvalue weighted by atomic mass is 35.5. The lowest BCUT2D eigenvalue weighted by Gasteiger charge is -2.31. The molecular formula is C20H17ClN2O3. The lowest BCUT2D eigenvalue weighted by Crippen LogP contribution is -2.53. The van der Waals surface area contributed by atoms with Crippen LogP contribution in [0.5, 0.6) is 0 Å². The van der Waals surface area contributed by atoms with Crippen LogP contribution < -0.4 is 5.32 Å². The molecule has 5 nitrogen and oxygen atoms in total. The van der Waals surface area contributed by atoms with Gasteiger partial charge in [0, 0.05) is 11.1 Å². The van der Waals surface area contributed by atoms with Gasteiger partial charge in [0.1, 0.15) is 0 Å². The van der Waals surface area contributed by atoms with Crippen LogP contribution in [0, 0.1) is 11.3 Å². The first-order valence-electron chi connectivity index (χ1n) is 8.26. The van der Waals surface area contributed by atoms with Crippen molar-refractivity contribution in [3.8, 4) is 6.07 Å². The first-order valence-corrected chi connectivity index (χ1v) is 8.70. The standard InChI is InChI=1S/C20H17ClN2O3/c21-17-11-14(13-5-2-1-3-6-13)9-10-20(17,12-22)23-18(24)15-7-4-8-16(15)19(25)26/h1-3,5-6,9-11,17H,4,7-8H2,(H,23,24)(H,25,26). The maximum atomic E-state index is 12.6. The summed E-state index contributed by atoms with van der Waals surface area (Å²) in [7, 11) is 0. The molecule has 132 valence electrons. The number of carboxylic acids is 1. The van der Waals surface area contributed by atoms with Gasteiger partial charge in [-0.2, -0.15) is 5.26 Å². The molecule has 2 aliphatic rings. The van der Waals surface area contributed by atoms with E-state index in [1.807, 2.05) is 30.3 Å². The van der Waals surface area contributed by atoms with E-state index in [2.05, 4.69) is 11.4 Å². The van der Waals surface area contributed by atoms with Crippen molar-refractivity contribution in [3.05, 3.63) is 65.3 Å². The van der Waals surface area contributed by atoms with E-state index in [9.17, 15) is 20.0 Å². The fraction of sp³-hybridized carbons (Fsp3) is 0.250. The van der Waals surface area contributed by atoms with Crippen LogP contribution in [0.25, 0.3) is 5.57 Å². The van der Waals surface area contributed by atoms with Gasteiger partial charge in [0.05, 0.1) is 11.4 Å². The van der Waals surface area contributed by atoms with Crippen molar-refractivity contribution in [3.63, 3.8) is 0 Å². The van der Waals surface area contributed by atoms with Crippen LogP contribution >= 0.6 is 11.6 Å². The zero-order valence-corrected chi connectivity index (χ0v) is 14.7. The number of carboxylic acid groups (broad SMARTS) is 1. The lowest BCUT2D eigenvalue weighted by atomic mass is 9.86. The molecule has 0 heterocycles. The monoisotopic (exact) mass is 368 g/mol.